The van der Waals surface area contributed by atoms with Gasteiger partial charge in [0.25, 0.3) is 0 Å². The van der Waals surface area contributed by atoms with Crippen LogP contribution in [-0.4, -0.2) is 39.4 Å². The Labute approximate surface area is 116 Å². The summed E-state index contributed by atoms with van der Waals surface area (Å²) in [5, 5.41) is 10.4. The summed E-state index contributed by atoms with van der Waals surface area (Å²) in [4.78, 5) is 14.2. The molecule has 0 aromatic rings. The van der Waals surface area contributed by atoms with E-state index in [1.165, 1.54) is 0 Å². The third kappa shape index (κ3) is 2.47. The zero-order valence-corrected chi connectivity index (χ0v) is 12.8. The molecular formula is C15H27NO3. The molecule has 0 aromatic heterocycles. The fourth-order valence-electron chi connectivity index (χ4n) is 3.83. The Bertz CT molecular complexity index is 363. The van der Waals surface area contributed by atoms with Crippen molar-refractivity contribution in [2.75, 3.05) is 0 Å². The van der Waals surface area contributed by atoms with E-state index in [0.717, 1.165) is 19.3 Å². The summed E-state index contributed by atoms with van der Waals surface area (Å²) >= 11 is 0. The standard InChI is InChI=1S/C15H27NO3/c1-6-12(17)15-8-10(2)7-11(9-15)16(15)13(18)19-14(3,4)5/h10-12,17H,6-9H2,1-5H3/t10?,11?,12-,15?/m1/s1. The number of hydrogen-bond donors (Lipinski definition) is 1. The van der Waals surface area contributed by atoms with Crippen molar-refractivity contribution in [3.63, 3.8) is 0 Å². The van der Waals surface area contributed by atoms with Gasteiger partial charge in [-0.2, -0.15) is 0 Å². The Morgan fingerprint density at radius 1 is 1.47 bits per heavy atom. The van der Waals surface area contributed by atoms with Gasteiger partial charge in [0.2, 0.25) is 0 Å². The van der Waals surface area contributed by atoms with Crippen molar-refractivity contribution < 1.29 is 14.6 Å². The van der Waals surface area contributed by atoms with Gasteiger partial charge in [-0.05, 0) is 52.4 Å². The summed E-state index contributed by atoms with van der Waals surface area (Å²) < 4.78 is 5.51. The minimum absolute atomic E-state index is 0.250. The van der Waals surface area contributed by atoms with E-state index in [4.69, 9.17) is 4.74 Å². The third-order valence-electron chi connectivity index (χ3n) is 4.41. The molecule has 19 heavy (non-hydrogen) atoms. The van der Waals surface area contributed by atoms with Gasteiger partial charge >= 0.3 is 6.09 Å². The SMILES string of the molecule is CC[C@@H](O)C12CC(C)CC(C1)N2C(=O)OC(C)(C)C. The predicted molar refractivity (Wildman–Crippen MR) is 73.9 cm³/mol. The highest BCUT2D eigenvalue weighted by Crippen LogP contribution is 2.52. The Balaban J connectivity index is 2.18. The molecule has 2 aliphatic heterocycles. The van der Waals surface area contributed by atoms with Gasteiger partial charge in [0, 0.05) is 6.04 Å². The first kappa shape index (κ1) is 14.6. The van der Waals surface area contributed by atoms with Crippen molar-refractivity contribution in [3.8, 4) is 0 Å². The van der Waals surface area contributed by atoms with E-state index in [1.807, 2.05) is 32.6 Å². The number of carbonyl (C=O) groups is 1. The Hall–Kier alpha value is -0.770. The van der Waals surface area contributed by atoms with Gasteiger partial charge in [-0.25, -0.2) is 4.79 Å². The number of piperidine rings is 1. The van der Waals surface area contributed by atoms with Crippen LogP contribution >= 0.6 is 0 Å². The van der Waals surface area contributed by atoms with Gasteiger partial charge in [0.1, 0.15) is 5.60 Å². The number of aliphatic hydroxyl groups is 1. The van der Waals surface area contributed by atoms with Crippen molar-refractivity contribution in [3.05, 3.63) is 0 Å². The number of fused-ring (bicyclic) bond motifs is 2. The van der Waals surface area contributed by atoms with Gasteiger partial charge in [-0.3, -0.25) is 4.90 Å². The summed E-state index contributed by atoms with van der Waals surface area (Å²) in [5.41, 5.74) is -0.857. The fraction of sp³-hybridized carbons (Fsp3) is 0.933. The minimum Gasteiger partial charge on any atom is -0.444 e. The zero-order chi connectivity index (χ0) is 14.4. The van der Waals surface area contributed by atoms with E-state index in [2.05, 4.69) is 6.92 Å². The third-order valence-corrected chi connectivity index (χ3v) is 4.41. The summed E-state index contributed by atoms with van der Waals surface area (Å²) in [7, 11) is 0. The van der Waals surface area contributed by atoms with E-state index < -0.39 is 11.7 Å². The molecule has 4 heteroatoms. The molecule has 110 valence electrons. The molecule has 3 rings (SSSR count). The summed E-state index contributed by atoms with van der Waals surface area (Å²) in [6.45, 7) is 9.82. The van der Waals surface area contributed by atoms with Crippen molar-refractivity contribution in [2.45, 2.75) is 83.6 Å². The summed E-state index contributed by atoms with van der Waals surface area (Å²) in [5.74, 6) is 0.568. The molecule has 1 amide bonds. The Morgan fingerprint density at radius 2 is 2.11 bits per heavy atom. The lowest BCUT2D eigenvalue weighted by atomic mass is 9.61. The first-order valence-corrected chi connectivity index (χ1v) is 7.40. The lowest BCUT2D eigenvalue weighted by molar-refractivity contribution is -0.172. The maximum Gasteiger partial charge on any atom is 0.411 e. The molecule has 2 saturated heterocycles. The Kier molecular flexibility index (Phi) is 3.58. The molecule has 3 aliphatic rings. The first-order chi connectivity index (χ1) is 8.69. The fourth-order valence-corrected chi connectivity index (χ4v) is 3.83. The van der Waals surface area contributed by atoms with Crippen LogP contribution in [0.3, 0.4) is 0 Å². The quantitative estimate of drug-likeness (QED) is 0.838. The maximum absolute atomic E-state index is 12.4. The van der Waals surface area contributed by atoms with Gasteiger partial charge in [0.05, 0.1) is 11.6 Å². The topological polar surface area (TPSA) is 49.8 Å². The van der Waals surface area contributed by atoms with E-state index in [9.17, 15) is 9.90 Å². The van der Waals surface area contributed by atoms with Gasteiger partial charge in [-0.15, -0.1) is 0 Å². The number of aliphatic hydroxyl groups excluding tert-OH is 1. The predicted octanol–water partition coefficient (Wildman–Crippen LogP) is 2.94. The smallest absolute Gasteiger partial charge is 0.411 e. The highest BCUT2D eigenvalue weighted by atomic mass is 16.6. The number of amides is 1. The van der Waals surface area contributed by atoms with E-state index >= 15 is 0 Å². The van der Waals surface area contributed by atoms with Crippen LogP contribution in [0.4, 0.5) is 4.79 Å². The van der Waals surface area contributed by atoms with Crippen LogP contribution in [0.5, 0.6) is 0 Å². The molecule has 0 spiro atoms. The van der Waals surface area contributed by atoms with Crippen LogP contribution in [0.1, 0.15) is 60.3 Å². The van der Waals surface area contributed by atoms with Crippen LogP contribution in [-0.2, 0) is 4.74 Å². The number of hydrogen-bond acceptors (Lipinski definition) is 3. The molecule has 1 aliphatic carbocycles. The van der Waals surface area contributed by atoms with E-state index in [1.54, 1.807) is 0 Å². The summed E-state index contributed by atoms with van der Waals surface area (Å²) in [6.07, 6.45) is 2.81. The van der Waals surface area contributed by atoms with Crippen LogP contribution in [0.25, 0.3) is 0 Å². The second kappa shape index (κ2) is 4.65. The van der Waals surface area contributed by atoms with E-state index in [-0.39, 0.29) is 17.7 Å². The molecule has 1 saturated carbocycles. The number of carbonyl (C=O) groups excluding carboxylic acids is 1. The first-order valence-electron chi connectivity index (χ1n) is 7.40. The van der Waals surface area contributed by atoms with Crippen molar-refractivity contribution >= 4 is 6.09 Å². The molecule has 0 aromatic carbocycles. The molecule has 2 heterocycles. The number of ether oxygens (including phenoxy) is 1. The molecule has 4 atom stereocenters. The molecular weight excluding hydrogens is 242 g/mol. The van der Waals surface area contributed by atoms with Gasteiger partial charge < -0.3 is 9.84 Å². The van der Waals surface area contributed by atoms with Gasteiger partial charge in [0.15, 0.2) is 0 Å². The molecule has 3 unspecified atom stereocenters. The Morgan fingerprint density at radius 3 is 2.63 bits per heavy atom. The van der Waals surface area contributed by atoms with Crippen molar-refractivity contribution in [2.24, 2.45) is 5.92 Å². The molecule has 4 nitrogen and oxygen atoms in total. The minimum atomic E-state index is -0.481. The second-order valence-electron chi connectivity index (χ2n) is 7.28. The zero-order valence-electron chi connectivity index (χ0n) is 12.8. The van der Waals surface area contributed by atoms with E-state index in [0.29, 0.717) is 12.3 Å². The highest BCUT2D eigenvalue weighted by Gasteiger charge is 2.62. The van der Waals surface area contributed by atoms with Crippen LogP contribution in [0.2, 0.25) is 0 Å². The van der Waals surface area contributed by atoms with Gasteiger partial charge in [-0.1, -0.05) is 13.8 Å². The lowest BCUT2D eigenvalue weighted by Gasteiger charge is -2.64. The van der Waals surface area contributed by atoms with Crippen molar-refractivity contribution in [1.82, 2.24) is 4.90 Å². The second-order valence-corrected chi connectivity index (χ2v) is 7.28. The molecule has 0 radical (unpaired) electrons. The highest BCUT2D eigenvalue weighted by molar-refractivity contribution is 5.71. The maximum atomic E-state index is 12.4. The van der Waals surface area contributed by atoms with Crippen LogP contribution in [0, 0.1) is 5.92 Å². The average Bonchev–Trinajstić information content (AvgIpc) is 2.23. The van der Waals surface area contributed by atoms with Crippen LogP contribution < -0.4 is 0 Å². The normalized spacial score (nSPS) is 35.6. The molecule has 1 N–H and O–H groups in total. The average molecular weight is 269 g/mol. The summed E-state index contributed by atoms with van der Waals surface area (Å²) in [6, 6.07) is 0.250. The lowest BCUT2D eigenvalue weighted by Crippen LogP contribution is -2.76. The number of rotatable bonds is 2. The number of nitrogens with zero attached hydrogens (tertiary/aromatic N) is 1. The van der Waals surface area contributed by atoms with Crippen LogP contribution in [0.15, 0.2) is 0 Å². The largest absolute Gasteiger partial charge is 0.444 e. The van der Waals surface area contributed by atoms with Crippen molar-refractivity contribution in [1.29, 1.82) is 0 Å². The molecule has 3 fully saturated rings. The molecule has 2 bridgehead atoms. The monoisotopic (exact) mass is 269 g/mol.